The fraction of sp³-hybridized carbons (Fsp3) is 0.455. The van der Waals surface area contributed by atoms with E-state index >= 15 is 0 Å². The molecule has 0 bridgehead atoms. The Morgan fingerprint density at radius 1 is 0.967 bits per heavy atom. The molecule has 2 aromatic rings. The molecule has 2 saturated heterocycles. The molecular formula is C22H28BrN5O2. The molecule has 30 heavy (non-hydrogen) atoms. The van der Waals surface area contributed by atoms with Gasteiger partial charge in [0, 0.05) is 74.3 Å². The lowest BCUT2D eigenvalue weighted by atomic mass is 10.2. The van der Waals surface area contributed by atoms with Gasteiger partial charge in [0.15, 0.2) is 0 Å². The standard InChI is InChI=1S/C22H28BrN5O2/c23-18-1-6-21(24-17-18)28-11-9-26(10-12-28)8-7-22(29)25-19-2-4-20(5-3-19)27-13-15-30-16-14-27/h1-6,17H,7-16H2,(H,25,29). The van der Waals surface area contributed by atoms with Gasteiger partial charge in [0.25, 0.3) is 0 Å². The van der Waals surface area contributed by atoms with Gasteiger partial charge in [-0.15, -0.1) is 0 Å². The minimum absolute atomic E-state index is 0.0612. The van der Waals surface area contributed by atoms with Crippen molar-refractivity contribution < 1.29 is 9.53 Å². The smallest absolute Gasteiger partial charge is 0.225 e. The maximum Gasteiger partial charge on any atom is 0.225 e. The molecule has 8 heteroatoms. The zero-order chi connectivity index (χ0) is 20.8. The normalized spacial score (nSPS) is 17.8. The number of aromatic nitrogens is 1. The Balaban J connectivity index is 1.18. The molecule has 1 amide bonds. The van der Waals surface area contributed by atoms with Gasteiger partial charge in [0.05, 0.1) is 13.2 Å². The number of piperazine rings is 1. The minimum atomic E-state index is 0.0612. The molecule has 0 radical (unpaired) electrons. The number of carbonyl (C=O) groups is 1. The van der Waals surface area contributed by atoms with Gasteiger partial charge in [0.2, 0.25) is 5.91 Å². The Bertz CT molecular complexity index is 816. The molecule has 0 unspecified atom stereocenters. The lowest BCUT2D eigenvalue weighted by Gasteiger charge is -2.35. The van der Waals surface area contributed by atoms with E-state index in [2.05, 4.69) is 53.1 Å². The monoisotopic (exact) mass is 473 g/mol. The van der Waals surface area contributed by atoms with Crippen LogP contribution in [0, 0.1) is 0 Å². The Kier molecular flexibility index (Phi) is 7.20. The molecular weight excluding hydrogens is 446 g/mol. The van der Waals surface area contributed by atoms with Crippen molar-refractivity contribution in [2.24, 2.45) is 0 Å². The van der Waals surface area contributed by atoms with Crippen LogP contribution in [-0.4, -0.2) is 74.8 Å². The highest BCUT2D eigenvalue weighted by Gasteiger charge is 2.18. The van der Waals surface area contributed by atoms with E-state index in [0.717, 1.165) is 75.0 Å². The second-order valence-electron chi connectivity index (χ2n) is 7.61. The third-order valence-corrected chi connectivity index (χ3v) is 6.06. The van der Waals surface area contributed by atoms with Crippen LogP contribution in [0.15, 0.2) is 47.1 Å². The number of hydrogen-bond acceptors (Lipinski definition) is 6. The van der Waals surface area contributed by atoms with Crippen LogP contribution in [0.1, 0.15) is 6.42 Å². The van der Waals surface area contributed by atoms with Crippen molar-refractivity contribution in [3.63, 3.8) is 0 Å². The SMILES string of the molecule is O=C(CCN1CCN(c2ccc(Br)cn2)CC1)Nc1ccc(N2CCOCC2)cc1. The van der Waals surface area contributed by atoms with E-state index in [1.165, 1.54) is 5.69 Å². The van der Waals surface area contributed by atoms with E-state index in [-0.39, 0.29) is 5.91 Å². The van der Waals surface area contributed by atoms with Crippen LogP contribution in [0.25, 0.3) is 0 Å². The summed E-state index contributed by atoms with van der Waals surface area (Å²) in [5.74, 6) is 1.07. The lowest BCUT2D eigenvalue weighted by molar-refractivity contribution is -0.116. The summed E-state index contributed by atoms with van der Waals surface area (Å²) in [6.07, 6.45) is 2.33. The second-order valence-corrected chi connectivity index (χ2v) is 8.52. The Morgan fingerprint density at radius 2 is 1.70 bits per heavy atom. The zero-order valence-corrected chi connectivity index (χ0v) is 18.7. The molecule has 4 rings (SSSR count). The summed E-state index contributed by atoms with van der Waals surface area (Å²) in [6, 6.07) is 12.1. The first kappa shape index (κ1) is 21.1. The predicted molar refractivity (Wildman–Crippen MR) is 123 cm³/mol. The molecule has 3 heterocycles. The summed E-state index contributed by atoms with van der Waals surface area (Å²) in [5, 5.41) is 3.02. The van der Waals surface area contributed by atoms with E-state index in [0.29, 0.717) is 6.42 Å². The van der Waals surface area contributed by atoms with Crippen molar-refractivity contribution >= 4 is 39.0 Å². The number of halogens is 1. The average molecular weight is 474 g/mol. The van der Waals surface area contributed by atoms with Crippen LogP contribution in [0.5, 0.6) is 0 Å². The number of hydrogen-bond donors (Lipinski definition) is 1. The van der Waals surface area contributed by atoms with Crippen molar-refractivity contribution in [3.05, 3.63) is 47.1 Å². The maximum absolute atomic E-state index is 12.4. The van der Waals surface area contributed by atoms with Crippen LogP contribution in [0.4, 0.5) is 17.2 Å². The summed E-state index contributed by atoms with van der Waals surface area (Å²) in [5.41, 5.74) is 2.03. The molecule has 160 valence electrons. The molecule has 7 nitrogen and oxygen atoms in total. The number of carbonyl (C=O) groups excluding carboxylic acids is 1. The third kappa shape index (κ3) is 5.71. The summed E-state index contributed by atoms with van der Waals surface area (Å²) in [6.45, 7) is 7.89. The van der Waals surface area contributed by atoms with Crippen LogP contribution >= 0.6 is 15.9 Å². The molecule has 0 atom stereocenters. The highest BCUT2D eigenvalue weighted by molar-refractivity contribution is 9.10. The van der Waals surface area contributed by atoms with Crippen molar-refractivity contribution in [1.82, 2.24) is 9.88 Å². The molecule has 2 aliphatic rings. The first-order valence-electron chi connectivity index (χ1n) is 10.5. The number of benzene rings is 1. The molecule has 2 aliphatic heterocycles. The summed E-state index contributed by atoms with van der Waals surface area (Å²) < 4.78 is 6.39. The van der Waals surface area contributed by atoms with Gasteiger partial charge in [-0.25, -0.2) is 4.98 Å². The summed E-state index contributed by atoms with van der Waals surface area (Å²) in [7, 11) is 0. The number of anilines is 3. The van der Waals surface area contributed by atoms with Gasteiger partial charge in [-0.05, 0) is 52.3 Å². The Labute approximate surface area is 186 Å². The van der Waals surface area contributed by atoms with Gasteiger partial charge in [-0.2, -0.15) is 0 Å². The third-order valence-electron chi connectivity index (χ3n) is 5.59. The molecule has 1 aromatic carbocycles. The van der Waals surface area contributed by atoms with Crippen LogP contribution in [-0.2, 0) is 9.53 Å². The number of ether oxygens (including phenoxy) is 1. The van der Waals surface area contributed by atoms with Crippen LogP contribution in [0.2, 0.25) is 0 Å². The molecule has 0 aliphatic carbocycles. The van der Waals surface area contributed by atoms with Crippen LogP contribution < -0.4 is 15.1 Å². The van der Waals surface area contributed by atoms with Gasteiger partial charge in [0.1, 0.15) is 5.82 Å². The van der Waals surface area contributed by atoms with Gasteiger partial charge in [-0.1, -0.05) is 0 Å². The largest absolute Gasteiger partial charge is 0.378 e. The van der Waals surface area contributed by atoms with Crippen molar-refractivity contribution in [3.8, 4) is 0 Å². The van der Waals surface area contributed by atoms with E-state index in [9.17, 15) is 4.79 Å². The predicted octanol–water partition coefficient (Wildman–Crippen LogP) is 2.83. The molecule has 1 N–H and O–H groups in total. The van der Waals surface area contributed by atoms with Crippen molar-refractivity contribution in [2.75, 3.05) is 74.1 Å². The zero-order valence-electron chi connectivity index (χ0n) is 17.1. The molecule has 0 spiro atoms. The number of pyridine rings is 1. The minimum Gasteiger partial charge on any atom is -0.378 e. The summed E-state index contributed by atoms with van der Waals surface area (Å²) in [4.78, 5) is 23.8. The summed E-state index contributed by atoms with van der Waals surface area (Å²) >= 11 is 3.42. The molecule has 2 fully saturated rings. The fourth-order valence-electron chi connectivity index (χ4n) is 3.82. The Hall–Kier alpha value is -2.16. The number of amides is 1. The maximum atomic E-state index is 12.4. The van der Waals surface area contributed by atoms with E-state index in [1.54, 1.807) is 0 Å². The van der Waals surface area contributed by atoms with Gasteiger partial charge >= 0.3 is 0 Å². The number of nitrogens with one attached hydrogen (secondary N) is 1. The number of nitrogens with zero attached hydrogens (tertiary/aromatic N) is 4. The van der Waals surface area contributed by atoms with Crippen LogP contribution in [0.3, 0.4) is 0 Å². The first-order valence-corrected chi connectivity index (χ1v) is 11.3. The second kappa shape index (κ2) is 10.2. The van der Waals surface area contributed by atoms with E-state index in [4.69, 9.17) is 4.74 Å². The van der Waals surface area contributed by atoms with Gasteiger partial charge < -0.3 is 19.9 Å². The highest BCUT2D eigenvalue weighted by Crippen LogP contribution is 2.19. The number of rotatable bonds is 6. The van der Waals surface area contributed by atoms with Crippen molar-refractivity contribution in [2.45, 2.75) is 6.42 Å². The lowest BCUT2D eigenvalue weighted by Crippen LogP contribution is -2.47. The van der Waals surface area contributed by atoms with Gasteiger partial charge in [-0.3, -0.25) is 9.69 Å². The number of morpholine rings is 1. The average Bonchev–Trinajstić information content (AvgIpc) is 2.80. The fourth-order valence-corrected chi connectivity index (χ4v) is 4.05. The molecule has 0 saturated carbocycles. The molecule has 1 aromatic heterocycles. The van der Waals surface area contributed by atoms with E-state index < -0.39 is 0 Å². The van der Waals surface area contributed by atoms with Crippen molar-refractivity contribution in [1.29, 1.82) is 0 Å². The van der Waals surface area contributed by atoms with E-state index in [1.807, 2.05) is 30.5 Å². The topological polar surface area (TPSA) is 60.9 Å². The Morgan fingerprint density at radius 3 is 2.37 bits per heavy atom. The quantitative estimate of drug-likeness (QED) is 0.695. The highest BCUT2D eigenvalue weighted by atomic mass is 79.9. The first-order chi connectivity index (χ1) is 14.7.